The Labute approximate surface area is 224 Å². The van der Waals surface area contributed by atoms with Gasteiger partial charge in [-0.25, -0.2) is 4.98 Å². The van der Waals surface area contributed by atoms with E-state index in [9.17, 15) is 9.59 Å². The van der Waals surface area contributed by atoms with E-state index in [1.807, 2.05) is 19.0 Å². The molecule has 2 amide bonds. The van der Waals surface area contributed by atoms with Gasteiger partial charge in [0.2, 0.25) is 17.8 Å². The van der Waals surface area contributed by atoms with Gasteiger partial charge in [-0.05, 0) is 58.1 Å². The molecule has 1 saturated carbocycles. The van der Waals surface area contributed by atoms with Crippen molar-refractivity contribution < 1.29 is 9.59 Å². The summed E-state index contributed by atoms with van der Waals surface area (Å²) in [5.41, 5.74) is 2.04. The minimum Gasteiger partial charge on any atom is -0.372 e. The third-order valence-corrected chi connectivity index (χ3v) is 6.23. The Hall–Kier alpha value is -4.41. The third-order valence-electron chi connectivity index (χ3n) is 6.23. The lowest BCUT2D eigenvalue weighted by molar-refractivity contribution is -0.135. The summed E-state index contributed by atoms with van der Waals surface area (Å²) in [4.78, 5) is 37.1. The molecule has 0 unspecified atom stereocenters. The number of carbonyl (C=O) groups excluding carboxylic acids is 2. The molecule has 3 rings (SSSR count). The van der Waals surface area contributed by atoms with Crippen molar-refractivity contribution in [1.82, 2.24) is 25.1 Å². The average molecular weight is 515 g/mol. The second-order valence-electron chi connectivity index (χ2n) is 9.45. The number of amides is 2. The number of carbonyl (C=O) groups is 2. The number of nitriles is 1. The van der Waals surface area contributed by atoms with Crippen molar-refractivity contribution in [2.75, 3.05) is 45.4 Å². The fraction of sp³-hybridized carbons (Fsp3) is 0.393. The molecule has 38 heavy (non-hydrogen) atoms. The Morgan fingerprint density at radius 2 is 1.92 bits per heavy atom. The van der Waals surface area contributed by atoms with Crippen molar-refractivity contribution in [3.05, 3.63) is 53.7 Å². The van der Waals surface area contributed by atoms with Crippen molar-refractivity contribution in [2.45, 2.75) is 31.8 Å². The highest BCUT2D eigenvalue weighted by atomic mass is 16.2. The van der Waals surface area contributed by atoms with Crippen molar-refractivity contribution >= 4 is 29.3 Å². The van der Waals surface area contributed by atoms with Crippen LogP contribution in [-0.4, -0.2) is 78.4 Å². The van der Waals surface area contributed by atoms with Gasteiger partial charge in [0.15, 0.2) is 0 Å². The number of anilines is 3. The summed E-state index contributed by atoms with van der Waals surface area (Å²) in [6.45, 7) is 2.38. The molecule has 10 heteroatoms. The maximum Gasteiger partial charge on any atom is 0.246 e. The molecular weight excluding hydrogens is 480 g/mol. The maximum atomic E-state index is 12.6. The van der Waals surface area contributed by atoms with E-state index in [0.29, 0.717) is 29.4 Å². The monoisotopic (exact) mass is 514 g/mol. The van der Waals surface area contributed by atoms with Crippen molar-refractivity contribution in [3.63, 3.8) is 0 Å². The topological polar surface area (TPSA) is 126 Å². The molecule has 1 aliphatic rings. The van der Waals surface area contributed by atoms with E-state index in [1.54, 1.807) is 57.6 Å². The van der Waals surface area contributed by atoms with Crippen LogP contribution < -0.4 is 16.0 Å². The number of hydrogen-bond acceptors (Lipinski definition) is 8. The van der Waals surface area contributed by atoms with Crippen LogP contribution in [0, 0.1) is 29.1 Å². The second-order valence-corrected chi connectivity index (χ2v) is 9.45. The summed E-state index contributed by atoms with van der Waals surface area (Å²) in [7, 11) is 7.25. The molecule has 0 bridgehead atoms. The molecule has 3 N–H and O–H groups in total. The maximum absolute atomic E-state index is 12.6. The Kier molecular flexibility index (Phi) is 9.80. The van der Waals surface area contributed by atoms with Gasteiger partial charge in [0, 0.05) is 44.4 Å². The first-order chi connectivity index (χ1) is 18.2. The Bertz CT molecular complexity index is 1260. The van der Waals surface area contributed by atoms with E-state index < -0.39 is 6.04 Å². The number of benzene rings is 1. The largest absolute Gasteiger partial charge is 0.372 e. The summed E-state index contributed by atoms with van der Waals surface area (Å²) in [6, 6.07) is 8.59. The van der Waals surface area contributed by atoms with Gasteiger partial charge in [-0.15, -0.1) is 0 Å². The molecule has 1 fully saturated rings. The predicted molar refractivity (Wildman–Crippen MR) is 147 cm³/mol. The number of aromatic nitrogens is 2. The highest BCUT2D eigenvalue weighted by molar-refractivity contribution is 5.92. The van der Waals surface area contributed by atoms with E-state index in [4.69, 9.17) is 5.26 Å². The number of rotatable bonds is 9. The van der Waals surface area contributed by atoms with Crippen LogP contribution in [0.25, 0.3) is 0 Å². The minimum absolute atomic E-state index is 0.0380. The average Bonchev–Trinajstić information content (AvgIpc) is 2.89. The normalized spacial score (nSPS) is 17.0. The van der Waals surface area contributed by atoms with Crippen LogP contribution in [0.1, 0.15) is 30.9 Å². The number of nitrogens with zero attached hydrogens (tertiary/aromatic N) is 5. The second kappa shape index (κ2) is 13.2. The van der Waals surface area contributed by atoms with Gasteiger partial charge in [0.05, 0.1) is 23.4 Å². The molecule has 0 spiro atoms. The van der Waals surface area contributed by atoms with Crippen molar-refractivity contribution in [3.8, 4) is 17.9 Å². The molecule has 1 aromatic carbocycles. The lowest BCUT2D eigenvalue weighted by Crippen LogP contribution is -2.51. The van der Waals surface area contributed by atoms with Crippen LogP contribution in [0.15, 0.2) is 42.6 Å². The SMILES string of the molecule is CNc1nc(Nc2ccc(C#N)cc2)ncc1C#CC1CC(NC(=O)[C@H](C)N(C)C(=O)/C=C/CN(C)C)C1. The van der Waals surface area contributed by atoms with Crippen LogP contribution in [0.3, 0.4) is 0 Å². The molecule has 1 aromatic heterocycles. The zero-order valence-electron chi connectivity index (χ0n) is 22.4. The molecule has 0 saturated heterocycles. The lowest BCUT2D eigenvalue weighted by atomic mass is 9.80. The van der Waals surface area contributed by atoms with Crippen molar-refractivity contribution in [2.24, 2.45) is 5.92 Å². The quantitative estimate of drug-likeness (QED) is 0.344. The van der Waals surface area contributed by atoms with Crippen LogP contribution in [0.4, 0.5) is 17.5 Å². The van der Waals surface area contributed by atoms with Crippen LogP contribution in [-0.2, 0) is 9.59 Å². The molecule has 0 radical (unpaired) electrons. The van der Waals surface area contributed by atoms with Gasteiger partial charge in [-0.1, -0.05) is 17.9 Å². The smallest absolute Gasteiger partial charge is 0.246 e. The highest BCUT2D eigenvalue weighted by Gasteiger charge is 2.31. The highest BCUT2D eigenvalue weighted by Crippen LogP contribution is 2.27. The van der Waals surface area contributed by atoms with E-state index in [0.717, 1.165) is 18.5 Å². The molecule has 1 atom stereocenters. The van der Waals surface area contributed by atoms with Gasteiger partial charge in [0.25, 0.3) is 0 Å². The van der Waals surface area contributed by atoms with E-state index >= 15 is 0 Å². The van der Waals surface area contributed by atoms with E-state index in [1.165, 1.54) is 11.0 Å². The molecule has 0 aliphatic heterocycles. The number of nitrogens with one attached hydrogen (secondary N) is 3. The summed E-state index contributed by atoms with van der Waals surface area (Å²) in [5, 5.41) is 18.1. The van der Waals surface area contributed by atoms with Gasteiger partial charge >= 0.3 is 0 Å². The van der Waals surface area contributed by atoms with E-state index in [-0.39, 0.29) is 23.8 Å². The van der Waals surface area contributed by atoms with Gasteiger partial charge in [-0.3, -0.25) is 9.59 Å². The first-order valence-corrected chi connectivity index (χ1v) is 12.4. The molecule has 1 aliphatic carbocycles. The Morgan fingerprint density at radius 3 is 2.55 bits per heavy atom. The minimum atomic E-state index is -0.566. The fourth-order valence-corrected chi connectivity index (χ4v) is 3.69. The zero-order valence-corrected chi connectivity index (χ0v) is 22.4. The predicted octanol–water partition coefficient (Wildman–Crippen LogP) is 2.34. The number of likely N-dealkylation sites (N-methyl/N-ethyl adjacent to an activating group) is 2. The number of hydrogen-bond donors (Lipinski definition) is 3. The fourth-order valence-electron chi connectivity index (χ4n) is 3.69. The van der Waals surface area contributed by atoms with E-state index in [2.05, 4.69) is 43.8 Å². The van der Waals surface area contributed by atoms with Gasteiger partial charge in [0.1, 0.15) is 11.9 Å². The first kappa shape index (κ1) is 28.2. The Morgan fingerprint density at radius 1 is 1.21 bits per heavy atom. The van der Waals surface area contributed by atoms with Crippen molar-refractivity contribution in [1.29, 1.82) is 5.26 Å². The lowest BCUT2D eigenvalue weighted by Gasteiger charge is -2.34. The molecule has 198 valence electrons. The van der Waals surface area contributed by atoms with Crippen LogP contribution in [0.5, 0.6) is 0 Å². The molecule has 1 heterocycles. The molecular formula is C28H34N8O2. The summed E-state index contributed by atoms with van der Waals surface area (Å²) in [5.74, 6) is 7.21. The van der Waals surface area contributed by atoms with Gasteiger partial charge < -0.3 is 25.8 Å². The van der Waals surface area contributed by atoms with Gasteiger partial charge in [-0.2, -0.15) is 10.2 Å². The molecule has 10 nitrogen and oxygen atoms in total. The third kappa shape index (κ3) is 7.79. The van der Waals surface area contributed by atoms with Crippen LogP contribution in [0.2, 0.25) is 0 Å². The zero-order chi connectivity index (χ0) is 27.7. The standard InChI is InChI=1S/C28H34N8O2/c1-19(36(5)25(37)7-6-14-35(3)4)27(38)32-24-15-21(16-24)8-11-22-18-31-28(34-26(22)30-2)33-23-12-9-20(17-29)10-13-23/h6-7,9-10,12-13,18-19,21,24H,14-16H2,1-5H3,(H,32,38)(H2,30,31,33,34)/b7-6+/t19-,21?,24?/m0/s1. The summed E-state index contributed by atoms with van der Waals surface area (Å²) >= 11 is 0. The Balaban J connectivity index is 1.50. The summed E-state index contributed by atoms with van der Waals surface area (Å²) < 4.78 is 0. The van der Waals surface area contributed by atoms with Crippen LogP contribution >= 0.6 is 0 Å². The summed E-state index contributed by atoms with van der Waals surface area (Å²) in [6.07, 6.45) is 6.44. The first-order valence-electron chi connectivity index (χ1n) is 12.4. The molecule has 2 aromatic rings.